The molecule has 0 atom stereocenters. The number of furan rings is 1. The first-order chi connectivity index (χ1) is 12.0. The second kappa shape index (κ2) is 12.2. The molecule has 5 heteroatoms. The maximum absolute atomic E-state index is 14.7. The van der Waals surface area contributed by atoms with Gasteiger partial charge in [0.2, 0.25) is 0 Å². The van der Waals surface area contributed by atoms with E-state index in [2.05, 4.69) is 16.9 Å². The molecule has 0 aliphatic rings. The third-order valence-electron chi connectivity index (χ3n) is 3.02. The summed E-state index contributed by atoms with van der Waals surface area (Å²) in [5.41, 5.74) is 3.16. The highest BCUT2D eigenvalue weighted by Gasteiger charge is 2.13. The predicted molar refractivity (Wildman–Crippen MR) is 102 cm³/mol. The van der Waals surface area contributed by atoms with E-state index in [9.17, 15) is 4.39 Å². The number of allylic oxidation sites excluding steroid dienone is 2. The van der Waals surface area contributed by atoms with Crippen LogP contribution in [0.2, 0.25) is 0 Å². The minimum Gasteiger partial charge on any atom is -0.464 e. The number of aliphatic hydroxyl groups excluding tert-OH is 1. The van der Waals surface area contributed by atoms with E-state index in [0.717, 1.165) is 17.9 Å². The fraction of sp³-hybridized carbons (Fsp3) is 0.350. The Bertz CT molecular complexity index is 775. The van der Waals surface area contributed by atoms with Crippen molar-refractivity contribution in [2.45, 2.75) is 34.2 Å². The molecular formula is C20H29FN2O2. The van der Waals surface area contributed by atoms with Crippen molar-refractivity contribution in [3.05, 3.63) is 64.0 Å². The van der Waals surface area contributed by atoms with Crippen molar-refractivity contribution in [3.8, 4) is 0 Å². The van der Waals surface area contributed by atoms with Crippen LogP contribution >= 0.6 is 0 Å². The van der Waals surface area contributed by atoms with Gasteiger partial charge in [-0.1, -0.05) is 32.1 Å². The van der Waals surface area contributed by atoms with E-state index in [1.807, 2.05) is 33.8 Å². The molecule has 2 rings (SSSR count). The van der Waals surface area contributed by atoms with Gasteiger partial charge in [-0.15, -0.1) is 0 Å². The molecule has 0 amide bonds. The molecule has 4 nitrogen and oxygen atoms in total. The van der Waals surface area contributed by atoms with Gasteiger partial charge in [-0.3, -0.25) is 4.98 Å². The molecule has 0 fully saturated rings. The largest absolute Gasteiger partial charge is 0.464 e. The molecule has 138 valence electrons. The van der Waals surface area contributed by atoms with Crippen LogP contribution < -0.4 is 16.0 Å². The van der Waals surface area contributed by atoms with Crippen LogP contribution in [0.1, 0.15) is 39.0 Å². The van der Waals surface area contributed by atoms with Crippen LogP contribution in [0.5, 0.6) is 0 Å². The topological polar surface area (TPSA) is 58.3 Å². The van der Waals surface area contributed by atoms with E-state index in [4.69, 9.17) is 9.52 Å². The van der Waals surface area contributed by atoms with E-state index >= 15 is 0 Å². The molecule has 2 aromatic rings. The highest BCUT2D eigenvalue weighted by Crippen LogP contribution is 2.20. The monoisotopic (exact) mass is 348 g/mol. The number of halogens is 1. The summed E-state index contributed by atoms with van der Waals surface area (Å²) in [5, 5.41) is 10.6. The molecule has 0 radical (unpaired) electrons. The van der Waals surface area contributed by atoms with Crippen LogP contribution in [0.15, 0.2) is 40.7 Å². The SMILES string of the molecule is C=c1cco/c1=C(/C=C(C)C)c1ccnc(CNC)c1F.CC.CO. The number of hydrogen-bond acceptors (Lipinski definition) is 4. The summed E-state index contributed by atoms with van der Waals surface area (Å²) in [6, 6.07) is 3.42. The standard InChI is InChI=1S/C17H19FN2O.C2H6.CH4O/c1-11(2)9-14(17-12(3)6-8-21-17)13-5-7-20-15(10-19-4)16(13)18;2*1-2/h5-9,19H,3,10H2,1-2,4H3;1-2H3;2H,1H3/b17-14-;;. The Kier molecular flexibility index (Phi) is 11.1. The van der Waals surface area contributed by atoms with E-state index in [-0.39, 0.29) is 5.82 Å². The molecule has 0 spiro atoms. The van der Waals surface area contributed by atoms with Crippen LogP contribution in [0.25, 0.3) is 12.2 Å². The Morgan fingerprint density at radius 2 is 1.96 bits per heavy atom. The van der Waals surface area contributed by atoms with Crippen LogP contribution in [0.3, 0.4) is 0 Å². The number of pyridine rings is 1. The van der Waals surface area contributed by atoms with Gasteiger partial charge in [-0.2, -0.15) is 0 Å². The van der Waals surface area contributed by atoms with Crippen molar-refractivity contribution in [1.29, 1.82) is 0 Å². The van der Waals surface area contributed by atoms with Crippen LogP contribution in [-0.2, 0) is 6.54 Å². The number of aliphatic hydroxyl groups is 1. The molecule has 0 saturated heterocycles. The third kappa shape index (κ3) is 6.29. The molecular weight excluding hydrogens is 319 g/mol. The first-order valence-electron chi connectivity index (χ1n) is 8.19. The molecule has 25 heavy (non-hydrogen) atoms. The fourth-order valence-electron chi connectivity index (χ4n) is 2.11. The third-order valence-corrected chi connectivity index (χ3v) is 3.02. The van der Waals surface area contributed by atoms with Crippen molar-refractivity contribution >= 4 is 12.2 Å². The molecule has 2 N–H and O–H groups in total. The predicted octanol–water partition coefficient (Wildman–Crippen LogP) is 2.74. The van der Waals surface area contributed by atoms with E-state index in [1.54, 1.807) is 31.6 Å². The molecule has 2 aromatic heterocycles. The van der Waals surface area contributed by atoms with Crippen molar-refractivity contribution in [2.24, 2.45) is 0 Å². The van der Waals surface area contributed by atoms with Crippen LogP contribution in [-0.4, -0.2) is 24.2 Å². The second-order valence-electron chi connectivity index (χ2n) is 5.06. The maximum atomic E-state index is 14.7. The lowest BCUT2D eigenvalue weighted by Gasteiger charge is -2.08. The van der Waals surface area contributed by atoms with Gasteiger partial charge in [0.25, 0.3) is 0 Å². The van der Waals surface area contributed by atoms with Crippen molar-refractivity contribution in [1.82, 2.24) is 10.3 Å². The minimum absolute atomic E-state index is 0.338. The molecule has 0 aromatic carbocycles. The first kappa shape index (κ1) is 22.8. The highest BCUT2D eigenvalue weighted by molar-refractivity contribution is 5.73. The van der Waals surface area contributed by atoms with Gasteiger partial charge >= 0.3 is 0 Å². The lowest BCUT2D eigenvalue weighted by Crippen LogP contribution is -2.22. The molecule has 0 aliphatic heterocycles. The van der Waals surface area contributed by atoms with Gasteiger partial charge in [0.1, 0.15) is 5.42 Å². The Labute approximate surface area is 149 Å². The lowest BCUT2D eigenvalue weighted by molar-refractivity contribution is 0.399. The fourth-order valence-corrected chi connectivity index (χ4v) is 2.11. The van der Waals surface area contributed by atoms with Gasteiger partial charge in [0.05, 0.1) is 12.0 Å². The van der Waals surface area contributed by atoms with Gasteiger partial charge in [0, 0.05) is 36.2 Å². The Hall–Kier alpha value is -2.24. The van der Waals surface area contributed by atoms with Crippen LogP contribution in [0.4, 0.5) is 4.39 Å². The minimum atomic E-state index is -0.338. The normalized spacial score (nSPS) is 10.7. The molecule has 2 heterocycles. The Balaban J connectivity index is 0.00000134. The zero-order chi connectivity index (χ0) is 19.4. The van der Waals surface area contributed by atoms with E-state index in [0.29, 0.717) is 28.8 Å². The molecule has 0 bridgehead atoms. The zero-order valence-electron chi connectivity index (χ0n) is 16.0. The van der Waals surface area contributed by atoms with E-state index < -0.39 is 0 Å². The highest BCUT2D eigenvalue weighted by atomic mass is 19.1. The van der Waals surface area contributed by atoms with Crippen LogP contribution in [0, 0.1) is 5.82 Å². The Morgan fingerprint density at radius 1 is 1.32 bits per heavy atom. The molecule has 0 saturated carbocycles. The van der Waals surface area contributed by atoms with Crippen molar-refractivity contribution in [2.75, 3.05) is 14.2 Å². The summed E-state index contributed by atoms with van der Waals surface area (Å²) in [7, 11) is 2.76. The number of hydrogen-bond donors (Lipinski definition) is 2. The second-order valence-corrected chi connectivity index (χ2v) is 5.06. The van der Waals surface area contributed by atoms with Gasteiger partial charge in [-0.05, 0) is 33.0 Å². The smallest absolute Gasteiger partial charge is 0.153 e. The Morgan fingerprint density at radius 3 is 2.44 bits per heavy atom. The summed E-state index contributed by atoms with van der Waals surface area (Å²) in [4.78, 5) is 4.08. The zero-order valence-corrected chi connectivity index (χ0v) is 16.0. The summed E-state index contributed by atoms with van der Waals surface area (Å²) < 4.78 is 20.2. The number of nitrogens with one attached hydrogen (secondary N) is 1. The van der Waals surface area contributed by atoms with Gasteiger partial charge in [0.15, 0.2) is 5.82 Å². The van der Waals surface area contributed by atoms with Gasteiger partial charge in [-0.25, -0.2) is 4.39 Å². The van der Waals surface area contributed by atoms with Crippen molar-refractivity contribution < 1.29 is 13.9 Å². The average Bonchev–Trinajstić information content (AvgIpc) is 3.04. The maximum Gasteiger partial charge on any atom is 0.153 e. The summed E-state index contributed by atoms with van der Waals surface area (Å²) >= 11 is 0. The number of rotatable bonds is 4. The van der Waals surface area contributed by atoms with E-state index in [1.165, 1.54) is 0 Å². The first-order valence-corrected chi connectivity index (χ1v) is 8.19. The number of aromatic nitrogens is 1. The quantitative estimate of drug-likeness (QED) is 0.892. The van der Waals surface area contributed by atoms with Crippen molar-refractivity contribution in [3.63, 3.8) is 0 Å². The summed E-state index contributed by atoms with van der Waals surface area (Å²) in [5.74, 6) is -0.338. The lowest BCUT2D eigenvalue weighted by atomic mass is 10.0. The average molecular weight is 348 g/mol. The molecule has 0 aliphatic carbocycles. The van der Waals surface area contributed by atoms with Gasteiger partial charge < -0.3 is 14.8 Å². The summed E-state index contributed by atoms with van der Waals surface area (Å²) in [6.07, 6.45) is 5.06. The molecule has 0 unspecified atom stereocenters. The number of nitrogens with zero attached hydrogens (tertiary/aromatic N) is 1. The summed E-state index contributed by atoms with van der Waals surface area (Å²) in [6.45, 7) is 12.2.